The van der Waals surface area contributed by atoms with Crippen molar-refractivity contribution in [1.29, 1.82) is 0 Å². The molecule has 0 bridgehead atoms. The van der Waals surface area contributed by atoms with Gasteiger partial charge in [-0.1, -0.05) is 183 Å². The molecule has 0 spiro atoms. The monoisotopic (exact) mass is 697 g/mol. The van der Waals surface area contributed by atoms with Crippen LogP contribution in [-0.2, 0) is 6.54 Å². The zero-order chi connectivity index (χ0) is 37.5. The molecule has 8 aromatic rings. The number of hydrogen-bond acceptors (Lipinski definition) is 0. The van der Waals surface area contributed by atoms with Gasteiger partial charge in [0.2, 0.25) is 6.71 Å². The van der Waals surface area contributed by atoms with Crippen molar-refractivity contribution in [3.8, 4) is 0 Å². The Morgan fingerprint density at radius 3 is 1.24 bits per heavy atom. The van der Waals surface area contributed by atoms with Gasteiger partial charge in [0.25, 0.3) is 0 Å². The predicted octanol–water partition coefficient (Wildman–Crippen LogP) is 11.2. The minimum Gasteiger partial charge on any atom is -0.341 e. The molecule has 0 saturated carbocycles. The van der Waals surface area contributed by atoms with Crippen LogP contribution in [0, 0.1) is 41.5 Å². The highest BCUT2D eigenvalue weighted by Crippen LogP contribution is 2.39. The fourth-order valence-corrected chi connectivity index (χ4v) is 9.29. The molecular formula is C52H48BN. The molecule has 264 valence electrons. The third kappa shape index (κ3) is 6.30. The fourth-order valence-electron chi connectivity index (χ4n) is 9.29. The van der Waals surface area contributed by atoms with Crippen molar-refractivity contribution in [2.45, 2.75) is 55.0 Å². The number of hydrogen-bond donors (Lipinski definition) is 0. The highest BCUT2D eigenvalue weighted by atomic mass is 15.0. The minimum absolute atomic E-state index is 0.112. The lowest BCUT2D eigenvalue weighted by Crippen LogP contribution is -2.55. The summed E-state index contributed by atoms with van der Waals surface area (Å²) in [6, 6.07) is 56.5. The average Bonchev–Trinajstić information content (AvgIpc) is 3.48. The molecule has 54 heavy (non-hydrogen) atoms. The molecule has 0 radical (unpaired) electrons. The highest BCUT2D eigenvalue weighted by molar-refractivity contribution is 6.96. The maximum atomic E-state index is 2.51. The molecule has 0 aliphatic heterocycles. The van der Waals surface area contributed by atoms with Crippen LogP contribution in [0.15, 0.2) is 152 Å². The van der Waals surface area contributed by atoms with E-state index in [1.807, 2.05) is 0 Å². The second-order valence-corrected chi connectivity index (χ2v) is 15.2. The van der Waals surface area contributed by atoms with Crippen molar-refractivity contribution in [3.05, 3.63) is 207 Å². The van der Waals surface area contributed by atoms with E-state index in [4.69, 9.17) is 0 Å². The zero-order valence-electron chi connectivity index (χ0n) is 32.7. The molecule has 0 amide bonds. The molecule has 0 aliphatic carbocycles. The smallest absolute Gasteiger partial charge is 0.242 e. The predicted molar refractivity (Wildman–Crippen MR) is 235 cm³/mol. The molecule has 1 heterocycles. The van der Waals surface area contributed by atoms with Crippen LogP contribution in [-0.4, -0.2) is 11.3 Å². The topological polar surface area (TPSA) is 4.93 Å². The van der Waals surface area contributed by atoms with Gasteiger partial charge in [-0.15, -0.1) is 0 Å². The van der Waals surface area contributed by atoms with Gasteiger partial charge in [0.1, 0.15) is 0 Å². The van der Waals surface area contributed by atoms with Crippen molar-refractivity contribution in [2.24, 2.45) is 0 Å². The third-order valence-corrected chi connectivity index (χ3v) is 11.3. The van der Waals surface area contributed by atoms with E-state index in [1.165, 1.54) is 105 Å². The zero-order valence-corrected chi connectivity index (χ0v) is 32.7. The van der Waals surface area contributed by atoms with Gasteiger partial charge in [-0.3, -0.25) is 0 Å². The van der Waals surface area contributed by atoms with E-state index in [1.54, 1.807) is 0 Å². The lowest BCUT2D eigenvalue weighted by atomic mass is 9.34. The molecule has 0 N–H and O–H groups in total. The van der Waals surface area contributed by atoms with Crippen LogP contribution in [0.1, 0.15) is 62.6 Å². The van der Waals surface area contributed by atoms with E-state index in [-0.39, 0.29) is 6.71 Å². The van der Waals surface area contributed by atoms with Gasteiger partial charge in [-0.25, -0.2) is 0 Å². The van der Waals surface area contributed by atoms with E-state index in [0.717, 1.165) is 6.54 Å². The van der Waals surface area contributed by atoms with Gasteiger partial charge >= 0.3 is 0 Å². The van der Waals surface area contributed by atoms with E-state index in [9.17, 15) is 0 Å². The van der Waals surface area contributed by atoms with Crippen LogP contribution in [0.5, 0.6) is 0 Å². The summed E-state index contributed by atoms with van der Waals surface area (Å²) in [5, 5.41) is 2.59. The quantitative estimate of drug-likeness (QED) is 0.110. The molecule has 1 nitrogen and oxygen atoms in total. The third-order valence-electron chi connectivity index (χ3n) is 11.3. The van der Waals surface area contributed by atoms with Crippen LogP contribution >= 0.6 is 0 Å². The number of nitrogens with zero attached hydrogens (tertiary/aromatic N) is 1. The van der Waals surface area contributed by atoms with Gasteiger partial charge in [0.05, 0.1) is 0 Å². The minimum atomic E-state index is 0.112. The Hall–Kier alpha value is -5.86. The Bertz CT molecular complexity index is 2530. The van der Waals surface area contributed by atoms with Gasteiger partial charge in [-0.2, -0.15) is 0 Å². The molecule has 0 unspecified atom stereocenters. The van der Waals surface area contributed by atoms with Crippen molar-refractivity contribution >= 4 is 56.1 Å². The first-order valence-corrected chi connectivity index (χ1v) is 19.4. The largest absolute Gasteiger partial charge is 0.341 e. The Morgan fingerprint density at radius 2 is 0.815 bits per heavy atom. The molecule has 0 saturated heterocycles. The second kappa shape index (κ2) is 14.5. The van der Waals surface area contributed by atoms with E-state index >= 15 is 0 Å². The van der Waals surface area contributed by atoms with E-state index in [2.05, 4.69) is 205 Å². The van der Waals surface area contributed by atoms with Crippen LogP contribution in [0.3, 0.4) is 0 Å². The summed E-state index contributed by atoms with van der Waals surface area (Å²) in [5.74, 6) is 0. The Kier molecular flexibility index (Phi) is 9.46. The lowest BCUT2D eigenvalue weighted by Gasteiger charge is -2.24. The van der Waals surface area contributed by atoms with Crippen LogP contribution in [0.2, 0.25) is 0 Å². The standard InChI is InChI=1S/C52H48BN/c1-8-54-47-26-24-43(50(42-22-16-11-17-23-42)49(40-18-12-9-13-19-40)41-20-14-10-15-21-41)32-45(47)46-33-44(25-27-48(46)54)53(51-36(4)28-34(2)29-37(51)5)52-38(6)30-35(3)31-39(52)7/h9-33H,8H2,1-7H3. The normalized spacial score (nSPS) is 11.3. The van der Waals surface area contributed by atoms with Gasteiger partial charge in [-0.05, 0) is 100 Å². The summed E-state index contributed by atoms with van der Waals surface area (Å²) in [4.78, 5) is 0. The van der Waals surface area contributed by atoms with Gasteiger partial charge in [0, 0.05) is 28.4 Å². The van der Waals surface area contributed by atoms with Crippen LogP contribution < -0.4 is 16.4 Å². The molecular weight excluding hydrogens is 649 g/mol. The van der Waals surface area contributed by atoms with Crippen LogP contribution in [0.4, 0.5) is 0 Å². The van der Waals surface area contributed by atoms with Crippen molar-refractivity contribution in [2.75, 3.05) is 0 Å². The lowest BCUT2D eigenvalue weighted by molar-refractivity contribution is 0.827. The molecule has 0 atom stereocenters. The highest BCUT2D eigenvalue weighted by Gasteiger charge is 2.29. The first kappa shape index (κ1) is 35.2. The van der Waals surface area contributed by atoms with E-state index < -0.39 is 0 Å². The Balaban J connectivity index is 1.44. The molecule has 1 aromatic heterocycles. The summed E-state index contributed by atoms with van der Waals surface area (Å²) in [5.41, 5.74) is 22.0. The maximum absolute atomic E-state index is 2.51. The van der Waals surface area contributed by atoms with Crippen LogP contribution in [0.25, 0.3) is 33.0 Å². The first-order chi connectivity index (χ1) is 26.2. The number of benzene rings is 7. The molecule has 2 heteroatoms. The van der Waals surface area contributed by atoms with Gasteiger partial charge < -0.3 is 4.57 Å². The molecule has 8 rings (SSSR count). The summed E-state index contributed by atoms with van der Waals surface area (Å²) in [6.45, 7) is 16.9. The van der Waals surface area contributed by atoms with Crippen molar-refractivity contribution < 1.29 is 0 Å². The SMILES string of the molecule is CCn1c2ccc(B(c3c(C)cc(C)cc3C)c3c(C)cc(C)cc3C)cc2c2cc(C(=C(c3ccccc3)c3ccccc3)c3ccccc3)ccc21. The van der Waals surface area contributed by atoms with Gasteiger partial charge in [0.15, 0.2) is 0 Å². The molecule has 7 aromatic carbocycles. The molecule has 0 aliphatic rings. The Morgan fingerprint density at radius 1 is 0.426 bits per heavy atom. The summed E-state index contributed by atoms with van der Waals surface area (Å²) >= 11 is 0. The van der Waals surface area contributed by atoms with Crippen molar-refractivity contribution in [1.82, 2.24) is 4.57 Å². The first-order valence-electron chi connectivity index (χ1n) is 19.4. The number of rotatable bonds is 8. The summed E-state index contributed by atoms with van der Waals surface area (Å²) < 4.78 is 2.49. The number of aromatic nitrogens is 1. The number of fused-ring (bicyclic) bond motifs is 3. The van der Waals surface area contributed by atoms with E-state index in [0.29, 0.717) is 0 Å². The average molecular weight is 698 g/mol. The maximum Gasteiger partial charge on any atom is 0.242 e. The number of aryl methyl sites for hydroxylation is 7. The Labute approximate surface area is 321 Å². The van der Waals surface area contributed by atoms with Crippen molar-refractivity contribution in [3.63, 3.8) is 0 Å². The molecule has 0 fully saturated rings. The fraction of sp³-hybridized carbons (Fsp3) is 0.154. The summed E-state index contributed by atoms with van der Waals surface area (Å²) in [7, 11) is 0. The second-order valence-electron chi connectivity index (χ2n) is 15.2. The summed E-state index contributed by atoms with van der Waals surface area (Å²) in [6.07, 6.45) is 0.